The minimum Gasteiger partial charge on any atom is -0.493 e. The third kappa shape index (κ3) is 7.75. The Morgan fingerprint density at radius 2 is 1.56 bits per heavy atom. The molecule has 0 heterocycles. The predicted molar refractivity (Wildman–Crippen MR) is 155 cm³/mol. The number of ether oxygens (including phenoxy) is 2. The number of hydrogen-bond donors (Lipinski definition) is 1. The molecule has 2 atom stereocenters. The molecule has 41 heavy (non-hydrogen) atoms. The largest absolute Gasteiger partial charge is 0.493 e. The van der Waals surface area contributed by atoms with E-state index in [0.717, 1.165) is 4.31 Å². The highest BCUT2D eigenvalue weighted by Gasteiger charge is 2.33. The third-order valence-corrected chi connectivity index (χ3v) is 8.49. The normalized spacial score (nSPS) is 12.6. The Morgan fingerprint density at radius 1 is 0.927 bits per heavy atom. The molecular weight excluding hydrogens is 549 g/mol. The summed E-state index contributed by atoms with van der Waals surface area (Å²) in [5.41, 5.74) is 0.741. The third-order valence-electron chi connectivity index (χ3n) is 6.70. The molecule has 0 aliphatic rings. The highest BCUT2D eigenvalue weighted by Crippen LogP contribution is 2.34. The molecule has 0 fully saturated rings. The predicted octanol–water partition coefficient (Wildman–Crippen LogP) is 4.37. The number of methoxy groups -OCH3 is 2. The molecule has 0 radical (unpaired) electrons. The highest BCUT2D eigenvalue weighted by molar-refractivity contribution is 7.92. The number of carbonyl (C=O) groups is 2. The van der Waals surface area contributed by atoms with E-state index in [1.807, 2.05) is 13.8 Å². The molecule has 0 spiro atoms. The van der Waals surface area contributed by atoms with E-state index < -0.39 is 40.2 Å². The molecule has 0 aliphatic carbocycles. The number of amides is 2. The summed E-state index contributed by atoms with van der Waals surface area (Å²) in [5, 5.41) is 2.87. The zero-order valence-electron chi connectivity index (χ0n) is 23.8. The minimum atomic E-state index is -4.24. The summed E-state index contributed by atoms with van der Waals surface area (Å²) < 4.78 is 53.0. The number of hydrogen-bond acceptors (Lipinski definition) is 6. The Hall–Kier alpha value is -4.12. The van der Waals surface area contributed by atoms with Gasteiger partial charge < -0.3 is 19.7 Å². The van der Waals surface area contributed by atoms with Crippen LogP contribution >= 0.6 is 0 Å². The van der Waals surface area contributed by atoms with E-state index in [0.29, 0.717) is 17.7 Å². The minimum absolute atomic E-state index is 0.0183. The van der Waals surface area contributed by atoms with Gasteiger partial charge in [-0.15, -0.1) is 0 Å². The zero-order valence-corrected chi connectivity index (χ0v) is 24.7. The fourth-order valence-electron chi connectivity index (χ4n) is 4.06. The maximum atomic E-state index is 14.0. The first kappa shape index (κ1) is 31.4. The fraction of sp³-hybridized carbons (Fsp3) is 0.333. The first-order chi connectivity index (χ1) is 19.5. The monoisotopic (exact) mass is 585 g/mol. The highest BCUT2D eigenvalue weighted by atomic mass is 32.2. The molecule has 3 rings (SSSR count). The van der Waals surface area contributed by atoms with Crippen molar-refractivity contribution in [3.63, 3.8) is 0 Å². The van der Waals surface area contributed by atoms with Gasteiger partial charge in [-0.2, -0.15) is 0 Å². The lowest BCUT2D eigenvalue weighted by Crippen LogP contribution is -2.52. The Morgan fingerprint density at radius 3 is 2.15 bits per heavy atom. The molecule has 220 valence electrons. The summed E-state index contributed by atoms with van der Waals surface area (Å²) >= 11 is 0. The zero-order chi connectivity index (χ0) is 30.2. The lowest BCUT2D eigenvalue weighted by atomic mass is 10.1. The number of rotatable bonds is 13. The van der Waals surface area contributed by atoms with Crippen LogP contribution in [0.15, 0.2) is 77.7 Å². The second-order valence-corrected chi connectivity index (χ2v) is 11.4. The molecule has 3 aromatic carbocycles. The van der Waals surface area contributed by atoms with E-state index >= 15 is 0 Å². The van der Waals surface area contributed by atoms with Crippen molar-refractivity contribution in [1.29, 1.82) is 0 Å². The van der Waals surface area contributed by atoms with Gasteiger partial charge >= 0.3 is 0 Å². The number of anilines is 1. The van der Waals surface area contributed by atoms with Gasteiger partial charge in [-0.25, -0.2) is 12.8 Å². The van der Waals surface area contributed by atoms with Crippen molar-refractivity contribution in [1.82, 2.24) is 10.2 Å². The summed E-state index contributed by atoms with van der Waals surface area (Å²) in [6.07, 6.45) is 0.687. The van der Waals surface area contributed by atoms with E-state index in [2.05, 4.69) is 5.32 Å². The van der Waals surface area contributed by atoms with Crippen LogP contribution < -0.4 is 19.1 Å². The maximum absolute atomic E-state index is 14.0. The molecule has 0 bridgehead atoms. The summed E-state index contributed by atoms with van der Waals surface area (Å²) in [4.78, 5) is 28.3. The number of benzene rings is 3. The van der Waals surface area contributed by atoms with Gasteiger partial charge in [-0.1, -0.05) is 37.3 Å². The number of nitrogens with zero attached hydrogens (tertiary/aromatic N) is 2. The van der Waals surface area contributed by atoms with Gasteiger partial charge in [-0.05, 0) is 62.2 Å². The molecule has 0 aliphatic heterocycles. The van der Waals surface area contributed by atoms with Crippen LogP contribution in [0.2, 0.25) is 0 Å². The molecule has 11 heteroatoms. The van der Waals surface area contributed by atoms with Crippen LogP contribution in [0.1, 0.15) is 32.8 Å². The molecule has 0 saturated carbocycles. The Kier molecular flexibility index (Phi) is 10.7. The topological polar surface area (TPSA) is 105 Å². The maximum Gasteiger partial charge on any atom is 0.264 e. The lowest BCUT2D eigenvalue weighted by molar-refractivity contribution is -0.139. The second-order valence-electron chi connectivity index (χ2n) is 9.51. The summed E-state index contributed by atoms with van der Waals surface area (Å²) in [6.45, 7) is 4.69. The van der Waals surface area contributed by atoms with Crippen LogP contribution in [0.3, 0.4) is 0 Å². The summed E-state index contributed by atoms with van der Waals surface area (Å²) in [5.74, 6) is -0.806. The smallest absolute Gasteiger partial charge is 0.264 e. The molecular formula is C30H36FN3O6S. The average Bonchev–Trinajstić information content (AvgIpc) is 2.98. The van der Waals surface area contributed by atoms with Crippen LogP contribution in [0.25, 0.3) is 0 Å². The van der Waals surface area contributed by atoms with Crippen LogP contribution in [0.5, 0.6) is 11.5 Å². The van der Waals surface area contributed by atoms with Gasteiger partial charge in [0, 0.05) is 18.7 Å². The van der Waals surface area contributed by atoms with Crippen molar-refractivity contribution in [3.05, 3.63) is 84.2 Å². The van der Waals surface area contributed by atoms with Gasteiger partial charge in [-0.3, -0.25) is 13.9 Å². The van der Waals surface area contributed by atoms with E-state index in [9.17, 15) is 22.4 Å². The van der Waals surface area contributed by atoms with Crippen molar-refractivity contribution in [3.8, 4) is 11.5 Å². The number of sulfonamides is 1. The quantitative estimate of drug-likeness (QED) is 0.320. The van der Waals surface area contributed by atoms with Crippen LogP contribution in [-0.2, 0) is 26.2 Å². The van der Waals surface area contributed by atoms with Crippen molar-refractivity contribution in [2.45, 2.75) is 50.7 Å². The average molecular weight is 586 g/mol. The van der Waals surface area contributed by atoms with Gasteiger partial charge in [0.1, 0.15) is 18.4 Å². The van der Waals surface area contributed by atoms with Crippen molar-refractivity contribution in [2.24, 2.45) is 0 Å². The van der Waals surface area contributed by atoms with Gasteiger partial charge in [0.15, 0.2) is 11.5 Å². The summed E-state index contributed by atoms with van der Waals surface area (Å²) in [6, 6.07) is 16.7. The Bertz CT molecular complexity index is 1430. The van der Waals surface area contributed by atoms with Crippen molar-refractivity contribution >= 4 is 27.5 Å². The second kappa shape index (κ2) is 14.0. The van der Waals surface area contributed by atoms with Crippen LogP contribution in [0, 0.1) is 5.82 Å². The van der Waals surface area contributed by atoms with Gasteiger partial charge in [0.05, 0.1) is 24.8 Å². The molecule has 2 amide bonds. The SMILES string of the molecule is CC[C@@H](C)NC(=O)[C@@H](C)N(Cc1ccc(F)cc1)C(=O)CN(c1ccc(OC)c(OC)c1)S(=O)(=O)c1ccccc1. The van der Waals surface area contributed by atoms with E-state index in [1.165, 1.54) is 67.7 Å². The number of carbonyl (C=O) groups excluding carboxylic acids is 2. The lowest BCUT2D eigenvalue weighted by Gasteiger charge is -2.32. The van der Waals surface area contributed by atoms with Gasteiger partial charge in [0.25, 0.3) is 10.0 Å². The van der Waals surface area contributed by atoms with Crippen LogP contribution in [0.4, 0.5) is 10.1 Å². The number of nitrogens with one attached hydrogen (secondary N) is 1. The molecule has 0 unspecified atom stereocenters. The van der Waals surface area contributed by atoms with E-state index in [-0.39, 0.29) is 28.9 Å². The Balaban J connectivity index is 2.06. The molecule has 0 aromatic heterocycles. The first-order valence-electron chi connectivity index (χ1n) is 13.2. The van der Waals surface area contributed by atoms with Crippen molar-refractivity contribution in [2.75, 3.05) is 25.1 Å². The Labute approximate surface area is 240 Å². The molecule has 9 nitrogen and oxygen atoms in total. The summed E-state index contributed by atoms with van der Waals surface area (Å²) in [7, 11) is -1.36. The number of halogens is 1. The fourth-order valence-corrected chi connectivity index (χ4v) is 5.49. The molecule has 3 aromatic rings. The van der Waals surface area contributed by atoms with E-state index in [4.69, 9.17) is 9.47 Å². The van der Waals surface area contributed by atoms with Crippen LogP contribution in [-0.4, -0.2) is 58.0 Å². The van der Waals surface area contributed by atoms with Gasteiger partial charge in [0.2, 0.25) is 11.8 Å². The molecule has 0 saturated heterocycles. The molecule has 1 N–H and O–H groups in total. The first-order valence-corrected chi connectivity index (χ1v) is 14.6. The standard InChI is InChI=1S/C30H36FN3O6S/c1-6-21(2)32-30(36)22(3)33(19-23-12-14-24(31)15-13-23)29(35)20-34(41(37,38)26-10-8-7-9-11-26)25-16-17-27(39-4)28(18-25)40-5/h7-18,21-22H,6,19-20H2,1-5H3,(H,32,36)/t21-,22-/m1/s1. The van der Waals surface area contributed by atoms with Crippen molar-refractivity contribution < 1.29 is 31.9 Å². The van der Waals surface area contributed by atoms with E-state index in [1.54, 1.807) is 31.2 Å².